The molecule has 1 amide bonds. The number of amides is 1. The molecule has 1 saturated heterocycles. The number of carbonyl (C=O) groups is 2. The fourth-order valence-corrected chi connectivity index (χ4v) is 2.91. The minimum atomic E-state index is -0.770. The fourth-order valence-electron chi connectivity index (χ4n) is 2.91. The minimum absolute atomic E-state index is 0.0550. The SMILES string of the molecule is CC1OCCN(C(=O)[C@@H]2CC[C@H](C(=O)O)C2)C1C. The normalized spacial score (nSPS) is 36.7. The van der Waals surface area contributed by atoms with Crippen LogP contribution in [0.15, 0.2) is 0 Å². The van der Waals surface area contributed by atoms with Gasteiger partial charge in [-0.3, -0.25) is 9.59 Å². The maximum atomic E-state index is 12.4. The van der Waals surface area contributed by atoms with E-state index in [2.05, 4.69) is 0 Å². The number of morpholine rings is 1. The second-order valence-electron chi connectivity index (χ2n) is 5.39. The summed E-state index contributed by atoms with van der Waals surface area (Å²) in [5.74, 6) is -1.11. The third kappa shape index (κ3) is 2.51. The molecule has 2 unspecified atom stereocenters. The number of carboxylic acid groups (broad SMARTS) is 1. The van der Waals surface area contributed by atoms with E-state index in [4.69, 9.17) is 9.84 Å². The Morgan fingerprint density at radius 2 is 1.89 bits per heavy atom. The molecule has 0 aromatic heterocycles. The third-order valence-corrected chi connectivity index (χ3v) is 4.30. The summed E-state index contributed by atoms with van der Waals surface area (Å²) in [6.45, 7) is 5.16. The van der Waals surface area contributed by atoms with Crippen molar-refractivity contribution in [1.29, 1.82) is 0 Å². The Morgan fingerprint density at radius 3 is 2.50 bits per heavy atom. The number of ether oxygens (including phenoxy) is 1. The van der Waals surface area contributed by atoms with E-state index >= 15 is 0 Å². The van der Waals surface area contributed by atoms with Gasteiger partial charge in [0.2, 0.25) is 5.91 Å². The summed E-state index contributed by atoms with van der Waals surface area (Å²) in [5, 5.41) is 8.97. The average Bonchev–Trinajstić information content (AvgIpc) is 2.81. The van der Waals surface area contributed by atoms with Gasteiger partial charge >= 0.3 is 5.97 Å². The first-order chi connectivity index (χ1) is 8.50. The van der Waals surface area contributed by atoms with Gasteiger partial charge in [0.15, 0.2) is 0 Å². The highest BCUT2D eigenvalue weighted by atomic mass is 16.5. The number of rotatable bonds is 2. The number of hydrogen-bond donors (Lipinski definition) is 1. The van der Waals surface area contributed by atoms with Crippen molar-refractivity contribution >= 4 is 11.9 Å². The first kappa shape index (κ1) is 13.3. The van der Waals surface area contributed by atoms with Gasteiger partial charge in [-0.15, -0.1) is 0 Å². The molecule has 0 aromatic rings. The first-order valence-electron chi connectivity index (χ1n) is 6.65. The average molecular weight is 255 g/mol. The largest absolute Gasteiger partial charge is 0.481 e. The number of carbonyl (C=O) groups excluding carboxylic acids is 1. The smallest absolute Gasteiger partial charge is 0.306 e. The Kier molecular flexibility index (Phi) is 3.90. The fraction of sp³-hybridized carbons (Fsp3) is 0.846. The van der Waals surface area contributed by atoms with E-state index in [1.54, 1.807) is 0 Å². The van der Waals surface area contributed by atoms with E-state index in [-0.39, 0.29) is 29.9 Å². The molecule has 1 aliphatic heterocycles. The topological polar surface area (TPSA) is 66.8 Å². The zero-order valence-electron chi connectivity index (χ0n) is 11.0. The molecule has 1 aliphatic carbocycles. The lowest BCUT2D eigenvalue weighted by molar-refractivity contribution is -0.148. The lowest BCUT2D eigenvalue weighted by atomic mass is 10.0. The molecule has 5 heteroatoms. The van der Waals surface area contributed by atoms with Crippen LogP contribution in [0.25, 0.3) is 0 Å². The molecule has 2 fully saturated rings. The molecule has 18 heavy (non-hydrogen) atoms. The molecule has 5 nitrogen and oxygen atoms in total. The van der Waals surface area contributed by atoms with Crippen LogP contribution in [0.3, 0.4) is 0 Å². The monoisotopic (exact) mass is 255 g/mol. The van der Waals surface area contributed by atoms with Crippen LogP contribution in [0, 0.1) is 11.8 Å². The van der Waals surface area contributed by atoms with Gasteiger partial charge in [-0.05, 0) is 33.1 Å². The highest BCUT2D eigenvalue weighted by molar-refractivity contribution is 5.81. The van der Waals surface area contributed by atoms with Gasteiger partial charge < -0.3 is 14.7 Å². The van der Waals surface area contributed by atoms with Crippen LogP contribution in [0.1, 0.15) is 33.1 Å². The summed E-state index contributed by atoms with van der Waals surface area (Å²) in [6.07, 6.45) is 1.88. The molecular weight excluding hydrogens is 234 g/mol. The highest BCUT2D eigenvalue weighted by Crippen LogP contribution is 2.33. The van der Waals surface area contributed by atoms with Crippen LogP contribution in [-0.4, -0.2) is 47.2 Å². The number of hydrogen-bond acceptors (Lipinski definition) is 3. The van der Waals surface area contributed by atoms with Crippen LogP contribution in [0.2, 0.25) is 0 Å². The Labute approximate surface area is 107 Å². The van der Waals surface area contributed by atoms with E-state index in [1.165, 1.54) is 0 Å². The molecule has 1 N–H and O–H groups in total. The maximum absolute atomic E-state index is 12.4. The van der Waals surface area contributed by atoms with Crippen molar-refractivity contribution in [3.05, 3.63) is 0 Å². The van der Waals surface area contributed by atoms with Gasteiger partial charge in [-0.2, -0.15) is 0 Å². The van der Waals surface area contributed by atoms with Gasteiger partial charge in [0.25, 0.3) is 0 Å². The van der Waals surface area contributed by atoms with Crippen LogP contribution < -0.4 is 0 Å². The van der Waals surface area contributed by atoms with Crippen LogP contribution in [0.5, 0.6) is 0 Å². The molecule has 0 spiro atoms. The second kappa shape index (κ2) is 5.26. The zero-order chi connectivity index (χ0) is 13.3. The van der Waals surface area contributed by atoms with E-state index in [0.29, 0.717) is 32.4 Å². The Morgan fingerprint density at radius 1 is 1.22 bits per heavy atom. The van der Waals surface area contributed by atoms with Gasteiger partial charge in [0.1, 0.15) is 0 Å². The molecular formula is C13H21NO4. The predicted octanol–water partition coefficient (Wildman–Crippen LogP) is 1.12. The minimum Gasteiger partial charge on any atom is -0.481 e. The van der Waals surface area contributed by atoms with Crippen molar-refractivity contribution < 1.29 is 19.4 Å². The lowest BCUT2D eigenvalue weighted by Gasteiger charge is -2.39. The molecule has 4 atom stereocenters. The number of nitrogens with zero attached hydrogens (tertiary/aromatic N) is 1. The van der Waals surface area contributed by atoms with Crippen molar-refractivity contribution in [2.45, 2.75) is 45.3 Å². The predicted molar refractivity (Wildman–Crippen MR) is 65.1 cm³/mol. The van der Waals surface area contributed by atoms with Crippen molar-refractivity contribution in [2.24, 2.45) is 11.8 Å². The summed E-state index contributed by atoms with van der Waals surface area (Å²) in [7, 11) is 0. The summed E-state index contributed by atoms with van der Waals surface area (Å²) >= 11 is 0. The van der Waals surface area contributed by atoms with Crippen LogP contribution >= 0.6 is 0 Å². The number of carboxylic acids is 1. The summed E-state index contributed by atoms with van der Waals surface area (Å²) < 4.78 is 5.50. The summed E-state index contributed by atoms with van der Waals surface area (Å²) in [6, 6.07) is 0.0788. The molecule has 1 heterocycles. The first-order valence-corrected chi connectivity index (χ1v) is 6.65. The van der Waals surface area contributed by atoms with Crippen molar-refractivity contribution in [2.75, 3.05) is 13.2 Å². The molecule has 2 aliphatic rings. The zero-order valence-corrected chi connectivity index (χ0v) is 11.0. The van der Waals surface area contributed by atoms with Crippen molar-refractivity contribution in [1.82, 2.24) is 4.90 Å². The van der Waals surface area contributed by atoms with Crippen LogP contribution in [0.4, 0.5) is 0 Å². The van der Waals surface area contributed by atoms with E-state index in [1.807, 2.05) is 18.7 Å². The molecule has 2 rings (SSSR count). The maximum Gasteiger partial charge on any atom is 0.306 e. The quantitative estimate of drug-likeness (QED) is 0.803. The molecule has 0 bridgehead atoms. The second-order valence-corrected chi connectivity index (χ2v) is 5.39. The molecule has 0 aromatic carbocycles. The van der Waals surface area contributed by atoms with Crippen molar-refractivity contribution in [3.63, 3.8) is 0 Å². The van der Waals surface area contributed by atoms with Gasteiger partial charge in [-0.1, -0.05) is 0 Å². The van der Waals surface area contributed by atoms with E-state index in [9.17, 15) is 9.59 Å². The Hall–Kier alpha value is -1.10. The molecule has 102 valence electrons. The van der Waals surface area contributed by atoms with Gasteiger partial charge in [-0.25, -0.2) is 0 Å². The molecule has 0 radical (unpaired) electrons. The van der Waals surface area contributed by atoms with E-state index in [0.717, 1.165) is 0 Å². The third-order valence-electron chi connectivity index (χ3n) is 4.30. The van der Waals surface area contributed by atoms with Crippen LogP contribution in [-0.2, 0) is 14.3 Å². The summed E-state index contributed by atoms with van der Waals surface area (Å²) in [5.41, 5.74) is 0. The highest BCUT2D eigenvalue weighted by Gasteiger charge is 2.38. The summed E-state index contributed by atoms with van der Waals surface area (Å²) in [4.78, 5) is 25.2. The lowest BCUT2D eigenvalue weighted by Crippen LogP contribution is -2.52. The van der Waals surface area contributed by atoms with Gasteiger partial charge in [0, 0.05) is 12.5 Å². The van der Waals surface area contributed by atoms with Crippen molar-refractivity contribution in [3.8, 4) is 0 Å². The molecule has 1 saturated carbocycles. The Bertz CT molecular complexity index is 344. The Balaban J connectivity index is 1.97. The standard InChI is InChI=1S/C13H21NO4/c1-8-9(2)18-6-5-14(8)12(15)10-3-4-11(7-10)13(16)17/h8-11H,3-7H2,1-2H3,(H,16,17)/t8?,9?,10-,11+/m1/s1. The van der Waals surface area contributed by atoms with E-state index < -0.39 is 5.97 Å². The van der Waals surface area contributed by atoms with Gasteiger partial charge in [0.05, 0.1) is 24.7 Å². The number of aliphatic carboxylic acids is 1.